The normalized spacial score (nSPS) is 13.3. The van der Waals surface area contributed by atoms with Gasteiger partial charge in [0.05, 0.1) is 12.3 Å². The predicted molar refractivity (Wildman–Crippen MR) is 79.6 cm³/mol. The summed E-state index contributed by atoms with van der Waals surface area (Å²) in [4.78, 5) is 12.2. The molecule has 0 saturated carbocycles. The number of ether oxygens (including phenoxy) is 1. The summed E-state index contributed by atoms with van der Waals surface area (Å²) in [7, 11) is 1.88. The zero-order valence-corrected chi connectivity index (χ0v) is 13.5. The maximum absolute atomic E-state index is 12.2. The van der Waals surface area contributed by atoms with Gasteiger partial charge >= 0.3 is 5.97 Å². The largest absolute Gasteiger partial charge is 0.465 e. The van der Waals surface area contributed by atoms with Gasteiger partial charge in [0.25, 0.3) is 0 Å². The molecule has 5 heteroatoms. The van der Waals surface area contributed by atoms with E-state index in [9.17, 15) is 4.79 Å². The van der Waals surface area contributed by atoms with E-state index >= 15 is 0 Å². The van der Waals surface area contributed by atoms with E-state index in [1.54, 1.807) is 4.68 Å². The van der Waals surface area contributed by atoms with Crippen LogP contribution in [-0.4, -0.2) is 28.9 Å². The Labute approximate surface area is 121 Å². The number of aryl methyl sites for hydroxylation is 1. The standard InChI is InChI=1S/C15H27N3O2/c1-7-9-16-12(14(19)20-8-2)11-10-18(6)17-13(11)15(3,4)5/h10,12,16H,7-9H2,1-6H3. The van der Waals surface area contributed by atoms with Crippen LogP contribution in [0.5, 0.6) is 0 Å². The van der Waals surface area contributed by atoms with Gasteiger partial charge in [-0.15, -0.1) is 0 Å². The van der Waals surface area contributed by atoms with Crippen molar-refractivity contribution in [3.8, 4) is 0 Å². The Kier molecular flexibility index (Phi) is 5.74. The Morgan fingerprint density at radius 1 is 1.45 bits per heavy atom. The maximum atomic E-state index is 12.2. The molecule has 1 unspecified atom stereocenters. The van der Waals surface area contributed by atoms with Crippen LogP contribution in [0.3, 0.4) is 0 Å². The van der Waals surface area contributed by atoms with Crippen LogP contribution in [0.4, 0.5) is 0 Å². The van der Waals surface area contributed by atoms with Crippen molar-refractivity contribution in [3.63, 3.8) is 0 Å². The highest BCUT2D eigenvalue weighted by atomic mass is 16.5. The first kappa shape index (κ1) is 16.7. The number of hydrogen-bond donors (Lipinski definition) is 1. The summed E-state index contributed by atoms with van der Waals surface area (Å²) in [6, 6.07) is -0.446. The molecule has 1 N–H and O–H groups in total. The van der Waals surface area contributed by atoms with Crippen LogP contribution >= 0.6 is 0 Å². The lowest BCUT2D eigenvalue weighted by atomic mass is 9.87. The quantitative estimate of drug-likeness (QED) is 0.813. The number of aromatic nitrogens is 2. The van der Waals surface area contributed by atoms with Crippen molar-refractivity contribution in [3.05, 3.63) is 17.5 Å². The fourth-order valence-electron chi connectivity index (χ4n) is 2.14. The minimum atomic E-state index is -0.446. The van der Waals surface area contributed by atoms with Crippen LogP contribution < -0.4 is 5.32 Å². The van der Waals surface area contributed by atoms with E-state index in [-0.39, 0.29) is 11.4 Å². The summed E-state index contributed by atoms with van der Waals surface area (Å²) < 4.78 is 6.95. The van der Waals surface area contributed by atoms with Crippen LogP contribution in [-0.2, 0) is 22.0 Å². The first-order chi connectivity index (χ1) is 9.31. The van der Waals surface area contributed by atoms with Gasteiger partial charge in [-0.3, -0.25) is 4.68 Å². The molecule has 0 spiro atoms. The lowest BCUT2D eigenvalue weighted by molar-refractivity contribution is -0.145. The summed E-state index contributed by atoms with van der Waals surface area (Å²) in [6.45, 7) is 11.3. The Morgan fingerprint density at radius 2 is 2.10 bits per heavy atom. The molecule has 0 radical (unpaired) electrons. The third-order valence-corrected chi connectivity index (χ3v) is 3.00. The molecule has 0 aliphatic carbocycles. The molecule has 0 fully saturated rings. The molecule has 0 aliphatic rings. The molecule has 0 saturated heterocycles. The molecule has 0 amide bonds. The summed E-state index contributed by atoms with van der Waals surface area (Å²) in [6.07, 6.45) is 2.87. The summed E-state index contributed by atoms with van der Waals surface area (Å²) >= 11 is 0. The first-order valence-electron chi connectivity index (χ1n) is 7.25. The van der Waals surface area contributed by atoms with E-state index in [1.807, 2.05) is 20.2 Å². The van der Waals surface area contributed by atoms with Crippen molar-refractivity contribution in [2.75, 3.05) is 13.2 Å². The number of esters is 1. The molecule has 1 atom stereocenters. The van der Waals surface area contributed by atoms with Gasteiger partial charge in [-0.05, 0) is 19.9 Å². The van der Waals surface area contributed by atoms with Crippen LogP contribution in [0.1, 0.15) is 58.3 Å². The molecule has 114 valence electrons. The van der Waals surface area contributed by atoms with Crippen molar-refractivity contribution >= 4 is 5.97 Å². The molecule has 1 heterocycles. The molecule has 0 aliphatic heterocycles. The number of nitrogens with one attached hydrogen (secondary N) is 1. The number of hydrogen-bond acceptors (Lipinski definition) is 4. The second-order valence-electron chi connectivity index (χ2n) is 6.00. The van der Waals surface area contributed by atoms with Gasteiger partial charge in [0.2, 0.25) is 0 Å². The third kappa shape index (κ3) is 4.07. The molecule has 0 bridgehead atoms. The Bertz CT molecular complexity index is 446. The summed E-state index contributed by atoms with van der Waals surface area (Å²) in [5.74, 6) is -0.237. The SMILES string of the molecule is CCCNC(C(=O)OCC)c1cn(C)nc1C(C)(C)C. The average molecular weight is 281 g/mol. The van der Waals surface area contributed by atoms with Gasteiger partial charge in [-0.2, -0.15) is 5.10 Å². The Hall–Kier alpha value is -1.36. The highest BCUT2D eigenvalue weighted by molar-refractivity contribution is 5.78. The fourth-order valence-corrected chi connectivity index (χ4v) is 2.14. The van der Waals surface area contributed by atoms with Crippen molar-refractivity contribution in [2.45, 2.75) is 52.5 Å². The van der Waals surface area contributed by atoms with Gasteiger partial charge < -0.3 is 10.1 Å². The van der Waals surface area contributed by atoms with Gasteiger partial charge in [0.1, 0.15) is 6.04 Å². The van der Waals surface area contributed by atoms with E-state index in [4.69, 9.17) is 4.74 Å². The van der Waals surface area contributed by atoms with E-state index < -0.39 is 6.04 Å². The second kappa shape index (κ2) is 6.88. The van der Waals surface area contributed by atoms with Gasteiger partial charge in [0.15, 0.2) is 0 Å². The van der Waals surface area contributed by atoms with Crippen LogP contribution in [0.2, 0.25) is 0 Å². The predicted octanol–water partition coefficient (Wildman–Crippen LogP) is 2.32. The van der Waals surface area contributed by atoms with Gasteiger partial charge in [-0.25, -0.2) is 4.79 Å². The number of carbonyl (C=O) groups excluding carboxylic acids is 1. The van der Waals surface area contributed by atoms with E-state index in [0.717, 1.165) is 24.2 Å². The van der Waals surface area contributed by atoms with E-state index in [2.05, 4.69) is 38.1 Å². The average Bonchev–Trinajstić information content (AvgIpc) is 2.72. The van der Waals surface area contributed by atoms with E-state index in [1.165, 1.54) is 0 Å². The molecule has 20 heavy (non-hydrogen) atoms. The van der Waals surface area contributed by atoms with Crippen molar-refractivity contribution in [1.29, 1.82) is 0 Å². The second-order valence-corrected chi connectivity index (χ2v) is 6.00. The van der Waals surface area contributed by atoms with E-state index in [0.29, 0.717) is 6.61 Å². The highest BCUT2D eigenvalue weighted by Gasteiger charge is 2.31. The molecule has 1 rings (SSSR count). The first-order valence-corrected chi connectivity index (χ1v) is 7.25. The number of rotatable bonds is 6. The van der Waals surface area contributed by atoms with Gasteiger partial charge in [0, 0.05) is 24.2 Å². The molecular weight excluding hydrogens is 254 g/mol. The monoisotopic (exact) mass is 281 g/mol. The minimum Gasteiger partial charge on any atom is -0.465 e. The van der Waals surface area contributed by atoms with Crippen LogP contribution in [0, 0.1) is 0 Å². The lowest BCUT2D eigenvalue weighted by Crippen LogP contribution is -2.32. The number of carbonyl (C=O) groups is 1. The molecule has 5 nitrogen and oxygen atoms in total. The van der Waals surface area contributed by atoms with Crippen LogP contribution in [0.25, 0.3) is 0 Å². The van der Waals surface area contributed by atoms with Gasteiger partial charge in [-0.1, -0.05) is 27.7 Å². The topological polar surface area (TPSA) is 56.1 Å². The Balaban J connectivity index is 3.16. The summed E-state index contributed by atoms with van der Waals surface area (Å²) in [5, 5.41) is 7.79. The summed E-state index contributed by atoms with van der Waals surface area (Å²) in [5.41, 5.74) is 1.73. The molecule has 1 aromatic rings. The smallest absolute Gasteiger partial charge is 0.327 e. The molecule has 0 aromatic carbocycles. The third-order valence-electron chi connectivity index (χ3n) is 3.00. The fraction of sp³-hybridized carbons (Fsp3) is 0.733. The lowest BCUT2D eigenvalue weighted by Gasteiger charge is -2.22. The zero-order valence-electron chi connectivity index (χ0n) is 13.5. The van der Waals surface area contributed by atoms with Crippen molar-refractivity contribution in [1.82, 2.24) is 15.1 Å². The number of nitrogens with zero attached hydrogens (tertiary/aromatic N) is 2. The zero-order chi connectivity index (χ0) is 15.3. The minimum absolute atomic E-state index is 0.116. The molecule has 1 aromatic heterocycles. The van der Waals surface area contributed by atoms with Crippen LogP contribution in [0.15, 0.2) is 6.20 Å². The Morgan fingerprint density at radius 3 is 2.60 bits per heavy atom. The van der Waals surface area contributed by atoms with Crippen molar-refractivity contribution < 1.29 is 9.53 Å². The highest BCUT2D eigenvalue weighted by Crippen LogP contribution is 2.29. The molecular formula is C15H27N3O2. The van der Waals surface area contributed by atoms with Crippen molar-refractivity contribution in [2.24, 2.45) is 7.05 Å². The maximum Gasteiger partial charge on any atom is 0.327 e.